The van der Waals surface area contributed by atoms with E-state index in [1.165, 1.54) is 12.8 Å². The summed E-state index contributed by atoms with van der Waals surface area (Å²) in [6.07, 6.45) is 4.63. The van der Waals surface area contributed by atoms with Gasteiger partial charge in [-0.15, -0.1) is 0 Å². The Bertz CT molecular complexity index is 380. The number of nitrogens with zero attached hydrogens (tertiary/aromatic N) is 4. The van der Waals surface area contributed by atoms with E-state index in [-0.39, 0.29) is 0 Å². The fourth-order valence-electron chi connectivity index (χ4n) is 1.47. The van der Waals surface area contributed by atoms with Gasteiger partial charge in [0, 0.05) is 12.6 Å². The monoisotopic (exact) mass is 253 g/mol. The van der Waals surface area contributed by atoms with Crippen molar-refractivity contribution >= 4 is 24.7 Å². The van der Waals surface area contributed by atoms with Crippen molar-refractivity contribution in [1.29, 1.82) is 0 Å². The number of aryl methyl sites for hydroxylation is 1. The summed E-state index contributed by atoms with van der Waals surface area (Å²) in [5.74, 6) is 2.04. The first-order valence-corrected chi connectivity index (χ1v) is 6.54. The molecule has 0 aromatic carbocycles. The third-order valence-electron chi connectivity index (χ3n) is 2.60. The van der Waals surface area contributed by atoms with Crippen LogP contribution in [-0.2, 0) is 0 Å². The molecule has 1 aromatic rings. The van der Waals surface area contributed by atoms with Crippen molar-refractivity contribution in [3.8, 4) is 0 Å². The summed E-state index contributed by atoms with van der Waals surface area (Å²) < 4.78 is 1.79. The standard InChI is InChI=1S/C11H19N5S/c1-3-4-7-16(17)11-13-8(2)12-10(15-11)14-9-5-6-9/h9,17H,3-7H2,1-2H3,(H,12,13,14,15). The molecule has 0 radical (unpaired) electrons. The molecule has 1 saturated carbocycles. The summed E-state index contributed by atoms with van der Waals surface area (Å²) in [6, 6.07) is 0.550. The molecule has 1 fully saturated rings. The highest BCUT2D eigenvalue weighted by atomic mass is 32.1. The summed E-state index contributed by atoms with van der Waals surface area (Å²) in [4.78, 5) is 13.0. The highest BCUT2D eigenvalue weighted by Gasteiger charge is 2.22. The summed E-state index contributed by atoms with van der Waals surface area (Å²) >= 11 is 4.41. The highest BCUT2D eigenvalue weighted by molar-refractivity contribution is 7.81. The lowest BCUT2D eigenvalue weighted by molar-refractivity contribution is 0.792. The van der Waals surface area contributed by atoms with Gasteiger partial charge < -0.3 is 5.32 Å². The normalized spacial score (nSPS) is 14.8. The third kappa shape index (κ3) is 3.73. The molecule has 0 unspecified atom stereocenters. The Balaban J connectivity index is 2.06. The average Bonchev–Trinajstić information content (AvgIpc) is 3.09. The maximum Gasteiger partial charge on any atom is 0.240 e. The quantitative estimate of drug-likeness (QED) is 0.761. The van der Waals surface area contributed by atoms with E-state index in [4.69, 9.17) is 0 Å². The maximum absolute atomic E-state index is 4.41. The topological polar surface area (TPSA) is 53.9 Å². The molecule has 1 aliphatic rings. The van der Waals surface area contributed by atoms with Gasteiger partial charge in [-0.2, -0.15) is 15.0 Å². The smallest absolute Gasteiger partial charge is 0.240 e. The molecular weight excluding hydrogens is 234 g/mol. The fraction of sp³-hybridized carbons (Fsp3) is 0.727. The molecule has 1 aromatic heterocycles. The zero-order valence-corrected chi connectivity index (χ0v) is 11.2. The first-order valence-electron chi connectivity index (χ1n) is 6.14. The Morgan fingerprint density at radius 3 is 2.76 bits per heavy atom. The van der Waals surface area contributed by atoms with Gasteiger partial charge in [0.25, 0.3) is 0 Å². The summed E-state index contributed by atoms with van der Waals surface area (Å²) in [6.45, 7) is 4.89. The van der Waals surface area contributed by atoms with Crippen LogP contribution in [0.5, 0.6) is 0 Å². The van der Waals surface area contributed by atoms with Crippen molar-refractivity contribution in [1.82, 2.24) is 15.0 Å². The van der Waals surface area contributed by atoms with E-state index in [0.29, 0.717) is 17.9 Å². The maximum atomic E-state index is 4.41. The van der Waals surface area contributed by atoms with E-state index in [0.717, 1.165) is 25.2 Å². The van der Waals surface area contributed by atoms with Gasteiger partial charge in [0.2, 0.25) is 11.9 Å². The van der Waals surface area contributed by atoms with Crippen LogP contribution in [0, 0.1) is 6.92 Å². The van der Waals surface area contributed by atoms with Crippen LogP contribution in [-0.4, -0.2) is 27.5 Å². The van der Waals surface area contributed by atoms with Gasteiger partial charge in [0.15, 0.2) is 0 Å². The molecule has 0 atom stereocenters. The number of hydrogen-bond donors (Lipinski definition) is 2. The molecule has 1 N–H and O–H groups in total. The lowest BCUT2D eigenvalue weighted by Gasteiger charge is -2.16. The second kappa shape index (κ2) is 5.53. The van der Waals surface area contributed by atoms with Crippen molar-refractivity contribution < 1.29 is 0 Å². The SMILES string of the molecule is CCCCN(S)c1nc(C)nc(NC2CC2)n1. The highest BCUT2D eigenvalue weighted by Crippen LogP contribution is 2.23. The molecule has 0 amide bonds. The van der Waals surface area contributed by atoms with Crippen LogP contribution < -0.4 is 9.62 Å². The zero-order chi connectivity index (χ0) is 12.3. The Hall–Kier alpha value is -1.04. The van der Waals surface area contributed by atoms with Gasteiger partial charge in [-0.1, -0.05) is 26.2 Å². The summed E-state index contributed by atoms with van der Waals surface area (Å²) in [7, 11) is 0. The van der Waals surface area contributed by atoms with Gasteiger partial charge >= 0.3 is 0 Å². The van der Waals surface area contributed by atoms with Gasteiger partial charge in [0.05, 0.1) is 0 Å². The molecule has 94 valence electrons. The molecule has 17 heavy (non-hydrogen) atoms. The number of thiol groups is 1. The van der Waals surface area contributed by atoms with E-state index >= 15 is 0 Å². The van der Waals surface area contributed by atoms with Crippen molar-refractivity contribution in [2.45, 2.75) is 45.6 Å². The van der Waals surface area contributed by atoms with E-state index in [2.05, 4.69) is 40.0 Å². The predicted molar refractivity (Wildman–Crippen MR) is 72.4 cm³/mol. The lowest BCUT2D eigenvalue weighted by Crippen LogP contribution is -2.17. The molecule has 0 bridgehead atoms. The number of rotatable bonds is 6. The van der Waals surface area contributed by atoms with E-state index in [1.807, 2.05) is 6.92 Å². The average molecular weight is 253 g/mol. The minimum Gasteiger partial charge on any atom is -0.351 e. The van der Waals surface area contributed by atoms with Crippen LogP contribution in [0.4, 0.5) is 11.9 Å². The van der Waals surface area contributed by atoms with Crippen LogP contribution in [0.25, 0.3) is 0 Å². The molecule has 0 aliphatic heterocycles. The largest absolute Gasteiger partial charge is 0.351 e. The number of anilines is 2. The second-order valence-electron chi connectivity index (χ2n) is 4.40. The second-order valence-corrected chi connectivity index (χ2v) is 4.88. The van der Waals surface area contributed by atoms with Crippen molar-refractivity contribution in [3.05, 3.63) is 5.82 Å². The zero-order valence-electron chi connectivity index (χ0n) is 10.3. The molecular formula is C11H19N5S. The Morgan fingerprint density at radius 1 is 1.35 bits per heavy atom. The number of nitrogens with one attached hydrogen (secondary N) is 1. The molecule has 1 heterocycles. The third-order valence-corrected chi connectivity index (χ3v) is 2.98. The summed E-state index contributed by atoms with van der Waals surface area (Å²) in [5.41, 5.74) is 0. The van der Waals surface area contributed by atoms with Crippen molar-refractivity contribution in [3.63, 3.8) is 0 Å². The molecule has 2 rings (SSSR count). The molecule has 1 aliphatic carbocycles. The first-order chi connectivity index (χ1) is 8.19. The number of hydrogen-bond acceptors (Lipinski definition) is 6. The van der Waals surface area contributed by atoms with Gasteiger partial charge in [-0.25, -0.2) is 0 Å². The Kier molecular flexibility index (Phi) is 4.04. The predicted octanol–water partition coefficient (Wildman–Crippen LogP) is 2.21. The van der Waals surface area contributed by atoms with Crippen LogP contribution >= 0.6 is 12.8 Å². The van der Waals surface area contributed by atoms with E-state index in [1.54, 1.807) is 4.31 Å². The van der Waals surface area contributed by atoms with Crippen molar-refractivity contribution in [2.75, 3.05) is 16.2 Å². The fourth-order valence-corrected chi connectivity index (χ4v) is 1.70. The van der Waals surface area contributed by atoms with Gasteiger partial charge in [0.1, 0.15) is 5.82 Å². The van der Waals surface area contributed by atoms with Crippen molar-refractivity contribution in [2.24, 2.45) is 0 Å². The summed E-state index contributed by atoms with van der Waals surface area (Å²) in [5, 5.41) is 3.29. The number of unbranched alkanes of at least 4 members (excludes halogenated alkanes) is 1. The first kappa shape index (κ1) is 12.4. The van der Waals surface area contributed by atoms with Gasteiger partial charge in [-0.05, 0) is 26.2 Å². The van der Waals surface area contributed by atoms with Gasteiger partial charge in [-0.3, -0.25) is 4.31 Å². The Morgan fingerprint density at radius 2 is 2.12 bits per heavy atom. The van der Waals surface area contributed by atoms with Crippen LogP contribution in [0.1, 0.15) is 38.4 Å². The van der Waals surface area contributed by atoms with Crippen LogP contribution in [0.15, 0.2) is 0 Å². The van der Waals surface area contributed by atoms with Crippen LogP contribution in [0.3, 0.4) is 0 Å². The minimum absolute atomic E-state index is 0.550. The molecule has 6 heteroatoms. The lowest BCUT2D eigenvalue weighted by atomic mass is 10.3. The molecule has 0 saturated heterocycles. The molecule has 0 spiro atoms. The van der Waals surface area contributed by atoms with E-state index in [9.17, 15) is 0 Å². The minimum atomic E-state index is 0.550. The molecule has 5 nitrogen and oxygen atoms in total. The Labute approximate surface area is 108 Å². The van der Waals surface area contributed by atoms with Crippen LogP contribution in [0.2, 0.25) is 0 Å². The van der Waals surface area contributed by atoms with E-state index < -0.39 is 0 Å². The number of aromatic nitrogens is 3.